The van der Waals surface area contributed by atoms with Gasteiger partial charge >= 0.3 is 0 Å². The summed E-state index contributed by atoms with van der Waals surface area (Å²) < 4.78 is 12.7. The quantitative estimate of drug-likeness (QED) is 0.552. The van der Waals surface area contributed by atoms with Gasteiger partial charge in [0.05, 0.1) is 42.2 Å². The van der Waals surface area contributed by atoms with Crippen LogP contribution in [0.2, 0.25) is 0 Å². The maximum Gasteiger partial charge on any atom is 0.227 e. The first-order chi connectivity index (χ1) is 14.8. The number of ether oxygens (including phenoxy) is 2. The zero-order chi connectivity index (χ0) is 22.4. The topological polar surface area (TPSA) is 97.9 Å². The van der Waals surface area contributed by atoms with Crippen LogP contribution in [-0.4, -0.2) is 40.1 Å². The van der Waals surface area contributed by atoms with Gasteiger partial charge in [0.2, 0.25) is 5.95 Å². The molecule has 1 N–H and O–H groups in total. The highest BCUT2D eigenvalue weighted by molar-refractivity contribution is 5.66. The Labute approximate surface area is 182 Å². The van der Waals surface area contributed by atoms with Crippen molar-refractivity contribution >= 4 is 11.6 Å². The van der Waals surface area contributed by atoms with Crippen molar-refractivity contribution < 1.29 is 9.47 Å². The van der Waals surface area contributed by atoms with Crippen molar-refractivity contribution in [2.45, 2.75) is 34.2 Å². The second-order valence-electron chi connectivity index (χ2n) is 8.10. The van der Waals surface area contributed by atoms with E-state index in [9.17, 15) is 5.26 Å². The van der Waals surface area contributed by atoms with Crippen molar-refractivity contribution in [1.29, 1.82) is 5.26 Å². The van der Waals surface area contributed by atoms with E-state index in [2.05, 4.69) is 21.5 Å². The molecule has 0 radical (unpaired) electrons. The van der Waals surface area contributed by atoms with Crippen LogP contribution in [0.1, 0.15) is 25.0 Å². The van der Waals surface area contributed by atoms with E-state index in [1.807, 2.05) is 52.1 Å². The van der Waals surface area contributed by atoms with Gasteiger partial charge in [0.1, 0.15) is 12.4 Å². The van der Waals surface area contributed by atoms with Crippen molar-refractivity contribution in [3.05, 3.63) is 47.9 Å². The Hall–Kier alpha value is -3.44. The number of hydrogen-bond acceptors (Lipinski definition) is 7. The molecule has 0 saturated carbocycles. The monoisotopic (exact) mass is 420 g/mol. The summed E-state index contributed by atoms with van der Waals surface area (Å²) in [5.74, 6) is 1.27. The van der Waals surface area contributed by atoms with E-state index in [0.29, 0.717) is 25.7 Å². The summed E-state index contributed by atoms with van der Waals surface area (Å²) >= 11 is 0. The predicted molar refractivity (Wildman–Crippen MR) is 119 cm³/mol. The lowest BCUT2D eigenvalue weighted by Crippen LogP contribution is -2.19. The number of anilines is 2. The Morgan fingerprint density at radius 2 is 2.00 bits per heavy atom. The van der Waals surface area contributed by atoms with E-state index < -0.39 is 5.41 Å². The first-order valence-corrected chi connectivity index (χ1v) is 10.1. The molecule has 0 aliphatic carbocycles. The van der Waals surface area contributed by atoms with Gasteiger partial charge in [-0.15, -0.1) is 0 Å². The minimum Gasteiger partial charge on any atom is -0.492 e. The highest BCUT2D eigenvalue weighted by atomic mass is 16.5. The van der Waals surface area contributed by atoms with Crippen LogP contribution in [0.4, 0.5) is 11.6 Å². The van der Waals surface area contributed by atoms with Gasteiger partial charge in [-0.2, -0.15) is 10.4 Å². The minimum absolute atomic E-state index is 0.336. The maximum absolute atomic E-state index is 9.17. The summed E-state index contributed by atoms with van der Waals surface area (Å²) in [5.41, 5.74) is 4.05. The summed E-state index contributed by atoms with van der Waals surface area (Å²) in [4.78, 5) is 9.11. The van der Waals surface area contributed by atoms with E-state index in [4.69, 9.17) is 14.5 Å². The molecule has 0 atom stereocenters. The zero-order valence-electron chi connectivity index (χ0n) is 18.6. The van der Waals surface area contributed by atoms with E-state index in [0.717, 1.165) is 33.8 Å². The Balaban J connectivity index is 1.77. The van der Waals surface area contributed by atoms with Crippen LogP contribution in [-0.2, 0) is 11.3 Å². The van der Waals surface area contributed by atoms with Gasteiger partial charge < -0.3 is 14.8 Å². The van der Waals surface area contributed by atoms with Gasteiger partial charge in [0, 0.05) is 25.1 Å². The molecular formula is C23H28N6O2. The third-order valence-corrected chi connectivity index (χ3v) is 4.73. The van der Waals surface area contributed by atoms with E-state index >= 15 is 0 Å². The molecule has 3 rings (SSSR count). The second-order valence-corrected chi connectivity index (χ2v) is 8.10. The molecule has 0 aliphatic heterocycles. The molecule has 8 nitrogen and oxygen atoms in total. The fraction of sp³-hybridized carbons (Fsp3) is 0.391. The third kappa shape index (κ3) is 5.80. The van der Waals surface area contributed by atoms with Gasteiger partial charge in [-0.3, -0.25) is 4.68 Å². The molecule has 1 aromatic carbocycles. The molecule has 0 saturated heterocycles. The van der Waals surface area contributed by atoms with Crippen LogP contribution in [0.5, 0.6) is 5.75 Å². The molecule has 0 fully saturated rings. The minimum atomic E-state index is -0.535. The average Bonchev–Trinajstić information content (AvgIpc) is 3.20. The molecule has 2 aromatic heterocycles. The normalized spacial score (nSPS) is 11.2. The Bertz CT molecular complexity index is 1080. The summed E-state index contributed by atoms with van der Waals surface area (Å²) in [6.45, 7) is 9.30. The van der Waals surface area contributed by atoms with Crippen LogP contribution in [0.25, 0.3) is 11.3 Å². The smallest absolute Gasteiger partial charge is 0.227 e. The molecule has 31 heavy (non-hydrogen) atoms. The van der Waals surface area contributed by atoms with Gasteiger partial charge in [0.15, 0.2) is 0 Å². The molecule has 0 spiro atoms. The molecule has 2 heterocycles. The molecule has 0 aliphatic rings. The van der Waals surface area contributed by atoms with E-state index in [1.165, 1.54) is 0 Å². The Morgan fingerprint density at radius 1 is 1.19 bits per heavy atom. The van der Waals surface area contributed by atoms with Crippen LogP contribution >= 0.6 is 0 Å². The summed E-state index contributed by atoms with van der Waals surface area (Å²) in [6, 6.07) is 8.19. The first-order valence-electron chi connectivity index (χ1n) is 10.1. The number of methoxy groups -OCH3 is 1. The van der Waals surface area contributed by atoms with Crippen molar-refractivity contribution in [2.75, 3.05) is 25.6 Å². The van der Waals surface area contributed by atoms with Crippen LogP contribution in [0, 0.1) is 30.6 Å². The number of nitrogens with zero attached hydrogens (tertiary/aromatic N) is 5. The number of aromatic nitrogens is 4. The van der Waals surface area contributed by atoms with Gasteiger partial charge in [0.25, 0.3) is 0 Å². The van der Waals surface area contributed by atoms with Gasteiger partial charge in [-0.1, -0.05) is 0 Å². The Kier molecular flexibility index (Phi) is 6.88. The zero-order valence-corrected chi connectivity index (χ0v) is 18.6. The lowest BCUT2D eigenvalue weighted by Gasteiger charge is -2.18. The number of rotatable bonds is 9. The standard InChI is InChI=1S/C23H28N6O2/c1-16-10-18(6-7-20(16)31-15-23(3,4)14-24)21-17(2)11-25-22(28-21)27-19-12-26-29(13-19)8-9-30-5/h6-7,10-13H,8-9,15H2,1-5H3,(H,25,27,28). The number of benzene rings is 1. The molecule has 0 amide bonds. The number of nitriles is 1. The van der Waals surface area contributed by atoms with Crippen molar-refractivity contribution in [3.8, 4) is 23.1 Å². The molecule has 3 aromatic rings. The largest absolute Gasteiger partial charge is 0.492 e. The summed E-state index contributed by atoms with van der Waals surface area (Å²) in [7, 11) is 1.66. The second kappa shape index (κ2) is 9.58. The van der Waals surface area contributed by atoms with Crippen molar-refractivity contribution in [3.63, 3.8) is 0 Å². The lowest BCUT2D eigenvalue weighted by atomic mass is 9.97. The van der Waals surface area contributed by atoms with Crippen LogP contribution in [0.15, 0.2) is 36.8 Å². The highest BCUT2D eigenvalue weighted by Gasteiger charge is 2.18. The third-order valence-electron chi connectivity index (χ3n) is 4.73. The fourth-order valence-electron chi connectivity index (χ4n) is 2.91. The van der Waals surface area contributed by atoms with E-state index in [-0.39, 0.29) is 0 Å². The maximum atomic E-state index is 9.17. The molecular weight excluding hydrogens is 392 g/mol. The van der Waals surface area contributed by atoms with Crippen LogP contribution < -0.4 is 10.1 Å². The van der Waals surface area contributed by atoms with E-state index in [1.54, 1.807) is 24.2 Å². The number of hydrogen-bond donors (Lipinski definition) is 1. The van der Waals surface area contributed by atoms with Gasteiger partial charge in [-0.25, -0.2) is 9.97 Å². The predicted octanol–water partition coefficient (Wildman–Crippen LogP) is 4.28. The molecule has 8 heteroatoms. The summed E-state index contributed by atoms with van der Waals surface area (Å²) in [6.07, 6.45) is 5.42. The van der Waals surface area contributed by atoms with Gasteiger partial charge in [-0.05, 0) is 57.0 Å². The number of nitrogens with one attached hydrogen (secondary N) is 1. The van der Waals surface area contributed by atoms with Crippen LogP contribution in [0.3, 0.4) is 0 Å². The fourth-order valence-corrected chi connectivity index (χ4v) is 2.91. The Morgan fingerprint density at radius 3 is 2.71 bits per heavy atom. The molecule has 0 unspecified atom stereocenters. The average molecular weight is 421 g/mol. The summed E-state index contributed by atoms with van der Waals surface area (Å²) in [5, 5.41) is 16.7. The highest BCUT2D eigenvalue weighted by Crippen LogP contribution is 2.29. The molecule has 0 bridgehead atoms. The number of aryl methyl sites for hydroxylation is 2. The lowest BCUT2D eigenvalue weighted by molar-refractivity contribution is 0.183. The SMILES string of the molecule is COCCn1cc(Nc2ncc(C)c(-c3ccc(OCC(C)(C)C#N)c(C)c3)n2)cn1. The molecule has 162 valence electrons. The van der Waals surface area contributed by atoms with Crippen molar-refractivity contribution in [2.24, 2.45) is 5.41 Å². The van der Waals surface area contributed by atoms with Crippen molar-refractivity contribution in [1.82, 2.24) is 19.7 Å². The first kappa shape index (κ1) is 22.2.